The zero-order valence-electron chi connectivity index (χ0n) is 18.5. The summed E-state index contributed by atoms with van der Waals surface area (Å²) in [4.78, 5) is 34.4. The molecule has 1 saturated carbocycles. The van der Waals surface area contributed by atoms with Crippen LogP contribution in [0.25, 0.3) is 0 Å². The van der Waals surface area contributed by atoms with Crippen LogP contribution in [0, 0.1) is 12.8 Å². The van der Waals surface area contributed by atoms with Crippen molar-refractivity contribution in [2.45, 2.75) is 45.8 Å². The van der Waals surface area contributed by atoms with Crippen molar-refractivity contribution in [3.63, 3.8) is 0 Å². The molecular weight excluding hydrogens is 422 g/mol. The van der Waals surface area contributed by atoms with Crippen LogP contribution >= 0.6 is 11.3 Å². The van der Waals surface area contributed by atoms with Crippen LogP contribution in [0.3, 0.4) is 0 Å². The van der Waals surface area contributed by atoms with E-state index < -0.39 is 0 Å². The smallest absolute Gasteiger partial charge is 0.274 e. The molecule has 0 saturated heterocycles. The van der Waals surface area contributed by atoms with Gasteiger partial charge in [-0.1, -0.05) is 17.7 Å². The summed E-state index contributed by atoms with van der Waals surface area (Å²) < 4.78 is 2.03. The SMILES string of the molecule is Cc1cccc(C(=O)N2CCc3c(c(C(=O)N(C)Cc4cscn4)nn3CC3CC3)C2)c1. The third-order valence-corrected chi connectivity index (χ3v) is 6.88. The van der Waals surface area contributed by atoms with E-state index in [4.69, 9.17) is 5.10 Å². The van der Waals surface area contributed by atoms with Crippen molar-refractivity contribution in [1.82, 2.24) is 24.6 Å². The Bertz CT molecular complexity index is 1150. The van der Waals surface area contributed by atoms with E-state index in [1.54, 1.807) is 17.5 Å². The molecule has 2 aliphatic rings. The Morgan fingerprint density at radius 1 is 1.28 bits per heavy atom. The average Bonchev–Trinajstić information content (AvgIpc) is 3.33. The third kappa shape index (κ3) is 4.19. The first kappa shape index (κ1) is 20.9. The number of carbonyl (C=O) groups excluding carboxylic acids is 2. The Morgan fingerprint density at radius 3 is 2.84 bits per heavy atom. The molecule has 3 aromatic rings. The molecule has 0 radical (unpaired) electrons. The lowest BCUT2D eigenvalue weighted by molar-refractivity contribution is 0.0721. The molecule has 1 aromatic carbocycles. The number of amides is 2. The minimum atomic E-state index is -0.117. The summed E-state index contributed by atoms with van der Waals surface area (Å²) in [5.41, 5.74) is 6.86. The van der Waals surface area contributed by atoms with E-state index >= 15 is 0 Å². The summed E-state index contributed by atoms with van der Waals surface area (Å²) in [7, 11) is 1.78. The van der Waals surface area contributed by atoms with Gasteiger partial charge in [0.15, 0.2) is 5.69 Å². The zero-order valence-corrected chi connectivity index (χ0v) is 19.3. The molecule has 7 nitrogen and oxygen atoms in total. The number of aromatic nitrogens is 3. The first-order valence-electron chi connectivity index (χ1n) is 11.1. The van der Waals surface area contributed by atoms with Gasteiger partial charge in [-0.05, 0) is 37.8 Å². The first-order chi connectivity index (χ1) is 15.5. The highest BCUT2D eigenvalue weighted by molar-refractivity contribution is 7.07. The fraction of sp³-hybridized carbons (Fsp3) is 0.417. The molecule has 3 heterocycles. The average molecular weight is 450 g/mol. The van der Waals surface area contributed by atoms with E-state index in [2.05, 4.69) is 4.98 Å². The van der Waals surface area contributed by atoms with Crippen LogP contribution in [0.5, 0.6) is 0 Å². The predicted octanol–water partition coefficient (Wildman–Crippen LogP) is 3.53. The minimum absolute atomic E-state index is 0.00326. The second kappa shape index (κ2) is 8.50. The number of hydrogen-bond donors (Lipinski definition) is 0. The van der Waals surface area contributed by atoms with Gasteiger partial charge in [0.05, 0.1) is 24.3 Å². The predicted molar refractivity (Wildman–Crippen MR) is 122 cm³/mol. The standard InChI is InChI=1S/C24H27N5O2S/c1-16-4-3-5-18(10-16)23(30)28-9-8-21-20(13-28)22(26-29(21)11-17-6-7-17)24(31)27(2)12-19-14-32-15-25-19/h3-5,10,14-15,17H,6-9,11-13H2,1-2H3. The van der Waals surface area contributed by atoms with E-state index in [-0.39, 0.29) is 11.8 Å². The number of hydrogen-bond acceptors (Lipinski definition) is 5. The summed E-state index contributed by atoms with van der Waals surface area (Å²) >= 11 is 1.52. The topological polar surface area (TPSA) is 71.3 Å². The van der Waals surface area contributed by atoms with E-state index in [1.807, 2.05) is 46.2 Å². The van der Waals surface area contributed by atoms with Crippen molar-refractivity contribution in [3.05, 3.63) is 68.9 Å². The zero-order chi connectivity index (χ0) is 22.2. The summed E-state index contributed by atoms with van der Waals surface area (Å²) in [6.07, 6.45) is 3.16. The van der Waals surface area contributed by atoms with Gasteiger partial charge in [0.2, 0.25) is 0 Å². The van der Waals surface area contributed by atoms with E-state index in [0.29, 0.717) is 36.8 Å². The van der Waals surface area contributed by atoms with Gasteiger partial charge in [-0.3, -0.25) is 14.3 Å². The summed E-state index contributed by atoms with van der Waals surface area (Å²) in [6.45, 7) is 4.34. The number of rotatable bonds is 6. The van der Waals surface area contributed by atoms with Crippen molar-refractivity contribution in [3.8, 4) is 0 Å². The fourth-order valence-corrected chi connectivity index (χ4v) is 4.85. The summed E-state index contributed by atoms with van der Waals surface area (Å²) in [5, 5.41) is 6.72. The van der Waals surface area contributed by atoms with Crippen molar-refractivity contribution >= 4 is 23.2 Å². The molecule has 2 amide bonds. The molecule has 8 heteroatoms. The van der Waals surface area contributed by atoms with Gasteiger partial charge < -0.3 is 9.80 Å². The third-order valence-electron chi connectivity index (χ3n) is 6.25. The van der Waals surface area contributed by atoms with E-state index in [0.717, 1.165) is 35.5 Å². The molecule has 2 aromatic heterocycles. The van der Waals surface area contributed by atoms with Crippen LogP contribution in [0.4, 0.5) is 0 Å². The van der Waals surface area contributed by atoms with Gasteiger partial charge in [0.25, 0.3) is 11.8 Å². The Hall–Kier alpha value is -3.00. The van der Waals surface area contributed by atoms with Crippen molar-refractivity contribution < 1.29 is 9.59 Å². The van der Waals surface area contributed by atoms with Crippen LogP contribution < -0.4 is 0 Å². The van der Waals surface area contributed by atoms with Crippen LogP contribution in [0.15, 0.2) is 35.2 Å². The van der Waals surface area contributed by atoms with Gasteiger partial charge >= 0.3 is 0 Å². The maximum Gasteiger partial charge on any atom is 0.274 e. The lowest BCUT2D eigenvalue weighted by atomic mass is 10.0. The highest BCUT2D eigenvalue weighted by atomic mass is 32.1. The number of thiazole rings is 1. The number of benzene rings is 1. The molecule has 1 aliphatic carbocycles. The molecule has 0 unspecified atom stereocenters. The van der Waals surface area contributed by atoms with Crippen LogP contribution in [-0.2, 0) is 26.1 Å². The summed E-state index contributed by atoms with van der Waals surface area (Å²) in [6, 6.07) is 7.67. The van der Waals surface area contributed by atoms with Gasteiger partial charge in [-0.25, -0.2) is 4.98 Å². The number of aryl methyl sites for hydroxylation is 1. The molecule has 32 heavy (non-hydrogen) atoms. The number of fused-ring (bicyclic) bond motifs is 1. The van der Waals surface area contributed by atoms with Gasteiger partial charge in [-0.2, -0.15) is 5.10 Å². The summed E-state index contributed by atoms with van der Waals surface area (Å²) in [5.74, 6) is 0.541. The molecule has 5 rings (SSSR count). The Morgan fingerprint density at radius 2 is 2.12 bits per heavy atom. The molecule has 0 atom stereocenters. The monoisotopic (exact) mass is 449 g/mol. The molecule has 0 bridgehead atoms. The number of nitrogens with zero attached hydrogens (tertiary/aromatic N) is 5. The van der Waals surface area contributed by atoms with Gasteiger partial charge in [0.1, 0.15) is 0 Å². The van der Waals surface area contributed by atoms with Crippen molar-refractivity contribution in [2.24, 2.45) is 5.92 Å². The molecule has 1 fully saturated rings. The highest BCUT2D eigenvalue weighted by Gasteiger charge is 2.33. The minimum Gasteiger partial charge on any atom is -0.334 e. The van der Waals surface area contributed by atoms with Gasteiger partial charge in [-0.15, -0.1) is 11.3 Å². The fourth-order valence-electron chi connectivity index (χ4n) is 4.30. The lowest BCUT2D eigenvalue weighted by Crippen LogP contribution is -2.37. The lowest BCUT2D eigenvalue weighted by Gasteiger charge is -2.28. The van der Waals surface area contributed by atoms with Crippen LogP contribution in [0.1, 0.15) is 56.2 Å². The molecule has 1 aliphatic heterocycles. The second-order valence-electron chi connectivity index (χ2n) is 8.89. The highest BCUT2D eigenvalue weighted by Crippen LogP contribution is 2.33. The molecule has 0 spiro atoms. The Labute approximate surface area is 191 Å². The second-order valence-corrected chi connectivity index (χ2v) is 9.61. The van der Waals surface area contributed by atoms with Crippen molar-refractivity contribution in [2.75, 3.05) is 13.6 Å². The normalized spacial score (nSPS) is 15.5. The van der Waals surface area contributed by atoms with Crippen molar-refractivity contribution in [1.29, 1.82) is 0 Å². The molecular formula is C24H27N5O2S. The molecule has 0 N–H and O–H groups in total. The quantitative estimate of drug-likeness (QED) is 0.577. The van der Waals surface area contributed by atoms with Crippen LogP contribution in [-0.4, -0.2) is 50.0 Å². The maximum atomic E-state index is 13.4. The van der Waals surface area contributed by atoms with E-state index in [1.165, 1.54) is 24.2 Å². The first-order valence-corrected chi connectivity index (χ1v) is 12.0. The maximum absolute atomic E-state index is 13.4. The van der Waals surface area contributed by atoms with Crippen LogP contribution in [0.2, 0.25) is 0 Å². The Kier molecular flexibility index (Phi) is 5.55. The molecule has 166 valence electrons. The number of carbonyl (C=O) groups is 2. The largest absolute Gasteiger partial charge is 0.334 e. The van der Waals surface area contributed by atoms with E-state index in [9.17, 15) is 9.59 Å². The van der Waals surface area contributed by atoms with Gasteiger partial charge in [0, 0.05) is 48.8 Å². The Balaban J connectivity index is 1.43.